The second-order valence-corrected chi connectivity index (χ2v) is 4.86. The third kappa shape index (κ3) is 2.13. The van der Waals surface area contributed by atoms with Crippen LogP contribution in [0.2, 0.25) is 0 Å². The first-order valence-corrected chi connectivity index (χ1v) is 6.44. The van der Waals surface area contributed by atoms with Crippen LogP contribution in [0.15, 0.2) is 18.2 Å². The summed E-state index contributed by atoms with van der Waals surface area (Å²) in [5.41, 5.74) is 10.8. The molecular weight excluding hydrogens is 222 g/mol. The lowest BCUT2D eigenvalue weighted by Gasteiger charge is -2.07. The molecule has 1 heterocycles. The second-order valence-electron chi connectivity index (χ2n) is 4.86. The van der Waals surface area contributed by atoms with Gasteiger partial charge in [-0.15, -0.1) is 0 Å². The first-order chi connectivity index (χ1) is 8.54. The fraction of sp³-hybridized carbons (Fsp3) is 0.400. The normalized spacial score (nSPS) is 10.9. The Morgan fingerprint density at radius 2 is 1.94 bits per heavy atom. The number of hydrogen-bond donors (Lipinski definition) is 1. The van der Waals surface area contributed by atoms with E-state index in [1.165, 1.54) is 11.1 Å². The highest BCUT2D eigenvalue weighted by molar-refractivity contribution is 5.74. The molecule has 0 atom stereocenters. The summed E-state index contributed by atoms with van der Waals surface area (Å²) >= 11 is 0. The van der Waals surface area contributed by atoms with Crippen molar-refractivity contribution in [3.05, 3.63) is 35.2 Å². The zero-order chi connectivity index (χ0) is 13.3. The number of rotatable bonds is 3. The zero-order valence-corrected chi connectivity index (χ0v) is 11.6. The Morgan fingerprint density at radius 3 is 2.61 bits per heavy atom. The minimum absolute atomic E-state index is 0.781. The van der Waals surface area contributed by atoms with Crippen molar-refractivity contribution in [2.45, 2.75) is 40.7 Å². The summed E-state index contributed by atoms with van der Waals surface area (Å²) in [7, 11) is 0. The smallest absolute Gasteiger partial charge is 0.131 e. The first-order valence-electron chi connectivity index (χ1n) is 6.44. The number of nitrogen functional groups attached to an aromatic ring is 1. The van der Waals surface area contributed by atoms with Crippen molar-refractivity contribution in [3.63, 3.8) is 0 Å². The molecule has 0 aliphatic carbocycles. The second kappa shape index (κ2) is 4.84. The molecule has 0 amide bonds. The molecule has 0 spiro atoms. The summed E-state index contributed by atoms with van der Waals surface area (Å²) in [6, 6.07) is 6.40. The summed E-state index contributed by atoms with van der Waals surface area (Å²) in [4.78, 5) is 4.64. The van der Waals surface area contributed by atoms with E-state index in [1.54, 1.807) is 0 Å². The maximum atomic E-state index is 6.24. The van der Waals surface area contributed by atoms with Gasteiger partial charge in [-0.1, -0.05) is 24.6 Å². The van der Waals surface area contributed by atoms with Crippen LogP contribution in [0.3, 0.4) is 0 Å². The van der Waals surface area contributed by atoms with Crippen LogP contribution < -0.4 is 5.73 Å². The quantitative estimate of drug-likeness (QED) is 0.897. The van der Waals surface area contributed by atoms with Crippen LogP contribution in [0.25, 0.3) is 11.3 Å². The Bertz CT molecular complexity index is 567. The minimum atomic E-state index is 0.781. The summed E-state index contributed by atoms with van der Waals surface area (Å²) in [6.45, 7) is 9.28. The van der Waals surface area contributed by atoms with E-state index in [1.807, 2.05) is 6.92 Å². The van der Waals surface area contributed by atoms with Crippen LogP contribution in [0.1, 0.15) is 30.3 Å². The van der Waals surface area contributed by atoms with Gasteiger partial charge in [0.1, 0.15) is 17.3 Å². The number of hydrogen-bond acceptors (Lipinski definition) is 2. The van der Waals surface area contributed by atoms with Crippen molar-refractivity contribution in [1.82, 2.24) is 9.55 Å². The third-order valence-corrected chi connectivity index (χ3v) is 3.29. The largest absolute Gasteiger partial charge is 0.383 e. The highest BCUT2D eigenvalue weighted by Gasteiger charge is 2.14. The molecule has 0 radical (unpaired) electrons. The van der Waals surface area contributed by atoms with E-state index in [0.717, 1.165) is 35.9 Å². The molecule has 2 N–H and O–H groups in total. The average molecular weight is 243 g/mol. The van der Waals surface area contributed by atoms with E-state index >= 15 is 0 Å². The average Bonchev–Trinajstić information content (AvgIpc) is 2.61. The molecule has 0 fully saturated rings. The number of imidazole rings is 1. The van der Waals surface area contributed by atoms with E-state index in [-0.39, 0.29) is 0 Å². The standard InChI is InChI=1S/C15H21N3/c1-5-8-18-12(4)17-14(15(18)16)13-9-10(2)6-7-11(13)3/h6-7,9H,5,8,16H2,1-4H3. The first kappa shape index (κ1) is 12.7. The summed E-state index contributed by atoms with van der Waals surface area (Å²) in [5, 5.41) is 0. The molecule has 0 unspecified atom stereocenters. The number of nitrogens with zero attached hydrogens (tertiary/aromatic N) is 2. The summed E-state index contributed by atoms with van der Waals surface area (Å²) in [5.74, 6) is 1.77. The Hall–Kier alpha value is -1.77. The van der Waals surface area contributed by atoms with Crippen LogP contribution >= 0.6 is 0 Å². The van der Waals surface area contributed by atoms with Crippen LogP contribution in [0.5, 0.6) is 0 Å². The van der Waals surface area contributed by atoms with Crippen LogP contribution in [0.4, 0.5) is 5.82 Å². The fourth-order valence-electron chi connectivity index (χ4n) is 2.28. The van der Waals surface area contributed by atoms with Gasteiger partial charge in [0.05, 0.1) is 0 Å². The fourth-order valence-corrected chi connectivity index (χ4v) is 2.28. The highest BCUT2D eigenvalue weighted by atomic mass is 15.1. The van der Waals surface area contributed by atoms with E-state index in [0.29, 0.717) is 0 Å². The summed E-state index contributed by atoms with van der Waals surface area (Å²) < 4.78 is 2.09. The van der Waals surface area contributed by atoms with Crippen molar-refractivity contribution in [3.8, 4) is 11.3 Å². The van der Waals surface area contributed by atoms with Crippen molar-refractivity contribution in [2.24, 2.45) is 0 Å². The Kier molecular flexibility index (Phi) is 3.41. The lowest BCUT2D eigenvalue weighted by molar-refractivity contribution is 0.665. The number of nitrogens with two attached hydrogens (primary N) is 1. The third-order valence-electron chi connectivity index (χ3n) is 3.29. The Balaban J connectivity index is 2.57. The molecule has 3 heteroatoms. The molecule has 2 aromatic rings. The van der Waals surface area contributed by atoms with Gasteiger partial charge < -0.3 is 10.3 Å². The van der Waals surface area contributed by atoms with Gasteiger partial charge in [0.25, 0.3) is 0 Å². The van der Waals surface area contributed by atoms with Crippen molar-refractivity contribution in [2.75, 3.05) is 5.73 Å². The molecule has 0 aliphatic rings. The van der Waals surface area contributed by atoms with Crippen LogP contribution in [-0.2, 0) is 6.54 Å². The van der Waals surface area contributed by atoms with Crippen molar-refractivity contribution < 1.29 is 0 Å². The van der Waals surface area contributed by atoms with Gasteiger partial charge >= 0.3 is 0 Å². The molecule has 1 aromatic carbocycles. The van der Waals surface area contributed by atoms with E-state index in [9.17, 15) is 0 Å². The van der Waals surface area contributed by atoms with Crippen molar-refractivity contribution in [1.29, 1.82) is 0 Å². The molecule has 0 saturated heterocycles. The number of aromatic nitrogens is 2. The molecule has 0 aliphatic heterocycles. The molecule has 18 heavy (non-hydrogen) atoms. The predicted octanol–water partition coefficient (Wildman–Crippen LogP) is 3.47. The van der Waals surface area contributed by atoms with Gasteiger partial charge in [-0.05, 0) is 38.8 Å². The van der Waals surface area contributed by atoms with Gasteiger partial charge in [-0.25, -0.2) is 4.98 Å². The van der Waals surface area contributed by atoms with E-state index in [2.05, 4.69) is 48.5 Å². The van der Waals surface area contributed by atoms with Gasteiger partial charge in [-0.2, -0.15) is 0 Å². The molecular formula is C15H21N3. The molecule has 0 bridgehead atoms. The van der Waals surface area contributed by atoms with Gasteiger partial charge in [0, 0.05) is 12.1 Å². The molecule has 1 aromatic heterocycles. The van der Waals surface area contributed by atoms with E-state index < -0.39 is 0 Å². The van der Waals surface area contributed by atoms with Gasteiger partial charge in [0.15, 0.2) is 0 Å². The van der Waals surface area contributed by atoms with Gasteiger partial charge in [0.2, 0.25) is 0 Å². The zero-order valence-electron chi connectivity index (χ0n) is 11.6. The number of anilines is 1. The lowest BCUT2D eigenvalue weighted by atomic mass is 10.0. The van der Waals surface area contributed by atoms with Crippen molar-refractivity contribution >= 4 is 5.82 Å². The lowest BCUT2D eigenvalue weighted by Crippen LogP contribution is -2.04. The van der Waals surface area contributed by atoms with Gasteiger partial charge in [-0.3, -0.25) is 0 Å². The maximum absolute atomic E-state index is 6.24. The number of aryl methyl sites for hydroxylation is 3. The maximum Gasteiger partial charge on any atom is 0.131 e. The molecule has 2 rings (SSSR count). The van der Waals surface area contributed by atoms with Crippen LogP contribution in [0, 0.1) is 20.8 Å². The van der Waals surface area contributed by atoms with E-state index in [4.69, 9.17) is 5.73 Å². The Labute approximate surface area is 109 Å². The highest BCUT2D eigenvalue weighted by Crippen LogP contribution is 2.29. The molecule has 3 nitrogen and oxygen atoms in total. The van der Waals surface area contributed by atoms with Crippen LogP contribution in [-0.4, -0.2) is 9.55 Å². The predicted molar refractivity (Wildman–Crippen MR) is 76.6 cm³/mol. The summed E-state index contributed by atoms with van der Waals surface area (Å²) in [6.07, 6.45) is 1.06. The Morgan fingerprint density at radius 1 is 1.22 bits per heavy atom. The topological polar surface area (TPSA) is 43.8 Å². The number of benzene rings is 1. The molecule has 0 saturated carbocycles. The molecule has 96 valence electrons. The monoisotopic (exact) mass is 243 g/mol. The minimum Gasteiger partial charge on any atom is -0.383 e. The SMILES string of the molecule is CCCn1c(C)nc(-c2cc(C)ccc2C)c1N.